The Morgan fingerprint density at radius 2 is 1.59 bits per heavy atom. The first-order valence-electron chi connectivity index (χ1n) is 5.39. The summed E-state index contributed by atoms with van der Waals surface area (Å²) in [6.07, 6.45) is 2.33. The van der Waals surface area contributed by atoms with E-state index in [1.54, 1.807) is 19.9 Å². The molecule has 0 amide bonds. The van der Waals surface area contributed by atoms with Crippen molar-refractivity contribution in [3.8, 4) is 0 Å². The van der Waals surface area contributed by atoms with E-state index in [-0.39, 0.29) is 4.90 Å². The lowest BCUT2D eigenvalue weighted by atomic mass is 9.92. The van der Waals surface area contributed by atoms with Crippen LogP contribution in [0, 0.1) is 27.7 Å². The van der Waals surface area contributed by atoms with Gasteiger partial charge in [-0.25, -0.2) is 0 Å². The molecule has 0 fully saturated rings. The van der Waals surface area contributed by atoms with Crippen molar-refractivity contribution in [1.29, 1.82) is 0 Å². The fourth-order valence-electron chi connectivity index (χ4n) is 2.21. The van der Waals surface area contributed by atoms with Gasteiger partial charge in [0.25, 0.3) is 10.1 Å². The van der Waals surface area contributed by atoms with Crippen molar-refractivity contribution < 1.29 is 13.0 Å². The summed E-state index contributed by atoms with van der Waals surface area (Å²) in [4.78, 5) is 0.0393. The summed E-state index contributed by atoms with van der Waals surface area (Å²) in [7, 11) is -4.18. The summed E-state index contributed by atoms with van der Waals surface area (Å²) in [5.74, 6) is 0. The van der Waals surface area contributed by atoms with Gasteiger partial charge in [0.2, 0.25) is 0 Å². The van der Waals surface area contributed by atoms with Gasteiger partial charge in [-0.1, -0.05) is 6.08 Å². The lowest BCUT2D eigenvalue weighted by Crippen LogP contribution is -2.10. The smallest absolute Gasteiger partial charge is 0.282 e. The highest BCUT2D eigenvalue weighted by molar-refractivity contribution is 7.86. The van der Waals surface area contributed by atoms with Gasteiger partial charge in [-0.2, -0.15) is 8.42 Å². The van der Waals surface area contributed by atoms with E-state index in [1.165, 1.54) is 0 Å². The number of hydrogen-bond donors (Lipinski definition) is 1. The Kier molecular flexibility index (Phi) is 3.79. The molecule has 0 aliphatic rings. The quantitative estimate of drug-likeness (QED) is 0.666. The van der Waals surface area contributed by atoms with E-state index in [2.05, 4.69) is 6.58 Å². The summed E-state index contributed by atoms with van der Waals surface area (Å²) in [5, 5.41) is 0. The molecule has 94 valence electrons. The first-order chi connectivity index (χ1) is 7.71. The van der Waals surface area contributed by atoms with Gasteiger partial charge in [0.15, 0.2) is 0 Å². The van der Waals surface area contributed by atoms with Crippen molar-refractivity contribution in [3.05, 3.63) is 40.5 Å². The normalized spacial score (nSPS) is 11.6. The minimum atomic E-state index is -4.18. The van der Waals surface area contributed by atoms with Crippen LogP contribution in [0.3, 0.4) is 0 Å². The molecule has 0 unspecified atom stereocenters. The van der Waals surface area contributed by atoms with Crippen molar-refractivity contribution >= 4 is 10.1 Å². The van der Waals surface area contributed by atoms with Gasteiger partial charge in [0.05, 0.1) is 0 Å². The highest BCUT2D eigenvalue weighted by atomic mass is 32.2. The Bertz CT molecular complexity index is 569. The zero-order chi connectivity index (χ0) is 13.4. The second-order valence-electron chi connectivity index (χ2n) is 4.28. The zero-order valence-electron chi connectivity index (χ0n) is 10.7. The van der Waals surface area contributed by atoms with Gasteiger partial charge in [-0.05, 0) is 61.9 Å². The molecule has 1 aromatic rings. The highest BCUT2D eigenvalue weighted by Crippen LogP contribution is 2.30. The largest absolute Gasteiger partial charge is 0.295 e. The average molecular weight is 254 g/mol. The maximum atomic E-state index is 11.4. The van der Waals surface area contributed by atoms with Gasteiger partial charge in [-0.3, -0.25) is 4.55 Å². The Labute approximate surface area is 103 Å². The highest BCUT2D eigenvalue weighted by Gasteiger charge is 2.22. The van der Waals surface area contributed by atoms with Crippen molar-refractivity contribution in [3.63, 3.8) is 0 Å². The van der Waals surface area contributed by atoms with Gasteiger partial charge in [0.1, 0.15) is 4.90 Å². The molecule has 0 spiro atoms. The van der Waals surface area contributed by atoms with E-state index >= 15 is 0 Å². The molecule has 0 aliphatic heterocycles. The maximum Gasteiger partial charge on any atom is 0.295 e. The summed E-state index contributed by atoms with van der Waals surface area (Å²) in [5.41, 5.74) is 4.13. The third-order valence-corrected chi connectivity index (χ3v) is 4.45. The van der Waals surface area contributed by atoms with Crippen LogP contribution >= 0.6 is 0 Å². The standard InChI is InChI=1S/C13H18O3S/c1-6-7-12-9(3)8(2)10(4)13(11(12)5)17(14,15)16/h6H,1,7H2,2-5H3,(H,14,15,16). The van der Waals surface area contributed by atoms with E-state index in [1.807, 2.05) is 13.8 Å². The minimum absolute atomic E-state index is 0.0393. The molecule has 1 aromatic carbocycles. The molecule has 3 nitrogen and oxygen atoms in total. The molecule has 0 bridgehead atoms. The molecule has 0 aromatic heterocycles. The second kappa shape index (κ2) is 4.63. The number of rotatable bonds is 3. The monoisotopic (exact) mass is 254 g/mol. The molecule has 0 aliphatic carbocycles. The number of allylic oxidation sites excluding steroid dienone is 1. The van der Waals surface area contributed by atoms with Crippen molar-refractivity contribution in [1.82, 2.24) is 0 Å². The lowest BCUT2D eigenvalue weighted by molar-refractivity contribution is 0.481. The van der Waals surface area contributed by atoms with Gasteiger partial charge in [0, 0.05) is 0 Å². The molecule has 4 heteroatoms. The first kappa shape index (κ1) is 13.9. The Hall–Kier alpha value is -1.13. The van der Waals surface area contributed by atoms with E-state index in [0.717, 1.165) is 16.7 Å². The van der Waals surface area contributed by atoms with Crippen molar-refractivity contribution in [2.24, 2.45) is 0 Å². The number of hydrogen-bond acceptors (Lipinski definition) is 2. The Morgan fingerprint density at radius 1 is 1.06 bits per heavy atom. The molecule has 0 atom stereocenters. The summed E-state index contributed by atoms with van der Waals surface area (Å²) < 4.78 is 32.2. The Balaban J connectivity index is 3.80. The van der Waals surface area contributed by atoms with Crippen LogP contribution < -0.4 is 0 Å². The van der Waals surface area contributed by atoms with E-state index in [9.17, 15) is 13.0 Å². The predicted octanol–water partition coefficient (Wildman–Crippen LogP) is 2.90. The molecule has 0 heterocycles. The fourth-order valence-corrected chi connectivity index (χ4v) is 3.27. The molecular formula is C13H18O3S. The molecule has 0 radical (unpaired) electrons. The van der Waals surface area contributed by atoms with Crippen LogP contribution in [0.15, 0.2) is 17.6 Å². The van der Waals surface area contributed by atoms with Gasteiger partial charge in [-0.15, -0.1) is 6.58 Å². The Morgan fingerprint density at radius 3 is 2.00 bits per heavy atom. The summed E-state index contributed by atoms with van der Waals surface area (Å²) in [6, 6.07) is 0. The van der Waals surface area contributed by atoms with Crippen LogP contribution in [0.2, 0.25) is 0 Å². The molecule has 1 rings (SSSR count). The average Bonchev–Trinajstić information content (AvgIpc) is 2.19. The van der Waals surface area contributed by atoms with Crippen molar-refractivity contribution in [2.75, 3.05) is 0 Å². The summed E-state index contributed by atoms with van der Waals surface area (Å²) in [6.45, 7) is 10.9. The van der Waals surface area contributed by atoms with E-state index < -0.39 is 10.1 Å². The maximum absolute atomic E-state index is 11.4. The lowest BCUT2D eigenvalue weighted by Gasteiger charge is -2.18. The van der Waals surface area contributed by atoms with Crippen LogP contribution in [0.5, 0.6) is 0 Å². The second-order valence-corrected chi connectivity index (χ2v) is 5.63. The van der Waals surface area contributed by atoms with Crippen LogP contribution in [0.1, 0.15) is 27.8 Å². The van der Waals surface area contributed by atoms with Crippen LogP contribution in [0.4, 0.5) is 0 Å². The SMILES string of the molecule is C=CCc1c(C)c(C)c(C)c(S(=O)(=O)O)c1C. The third-order valence-electron chi connectivity index (χ3n) is 3.32. The van der Waals surface area contributed by atoms with E-state index in [4.69, 9.17) is 0 Å². The zero-order valence-corrected chi connectivity index (χ0v) is 11.5. The third kappa shape index (κ3) is 2.42. The van der Waals surface area contributed by atoms with Crippen LogP contribution in [-0.2, 0) is 16.5 Å². The van der Waals surface area contributed by atoms with Gasteiger partial charge >= 0.3 is 0 Å². The topological polar surface area (TPSA) is 54.4 Å². The van der Waals surface area contributed by atoms with Crippen molar-refractivity contribution in [2.45, 2.75) is 39.0 Å². The molecular weight excluding hydrogens is 236 g/mol. The number of benzene rings is 1. The minimum Gasteiger partial charge on any atom is -0.282 e. The summed E-state index contributed by atoms with van der Waals surface area (Å²) >= 11 is 0. The van der Waals surface area contributed by atoms with Crippen LogP contribution in [-0.4, -0.2) is 13.0 Å². The molecule has 0 saturated heterocycles. The fraction of sp³-hybridized carbons (Fsp3) is 0.385. The molecule has 1 N–H and O–H groups in total. The predicted molar refractivity (Wildman–Crippen MR) is 69.1 cm³/mol. The molecule has 0 saturated carbocycles. The van der Waals surface area contributed by atoms with Crippen LogP contribution in [0.25, 0.3) is 0 Å². The first-order valence-corrected chi connectivity index (χ1v) is 6.83. The van der Waals surface area contributed by atoms with Gasteiger partial charge < -0.3 is 0 Å². The molecule has 17 heavy (non-hydrogen) atoms. The van der Waals surface area contributed by atoms with E-state index in [0.29, 0.717) is 17.5 Å².